The standard InChI is InChI=1S/C19H24F2N2O2S/c1-18(2,3)23(17(24)25)16-22-19(14-6-4-5-7-15(14)21)9-8-13(20)10-12(19)11-26-16/h4-7,12-13H,8-11H2,1-3H3,(H,24,25). The zero-order valence-electron chi connectivity index (χ0n) is 15.2. The number of thioether (sulfide) groups is 1. The monoisotopic (exact) mass is 382 g/mol. The average molecular weight is 382 g/mol. The summed E-state index contributed by atoms with van der Waals surface area (Å²) in [4.78, 5) is 17.9. The van der Waals surface area contributed by atoms with Crippen molar-refractivity contribution < 1.29 is 18.7 Å². The van der Waals surface area contributed by atoms with Gasteiger partial charge in [-0.05, 0) is 46.1 Å². The Labute approximate surface area is 156 Å². The van der Waals surface area contributed by atoms with E-state index in [-0.39, 0.29) is 11.7 Å². The van der Waals surface area contributed by atoms with Gasteiger partial charge < -0.3 is 5.11 Å². The first-order valence-electron chi connectivity index (χ1n) is 8.80. The van der Waals surface area contributed by atoms with Crippen LogP contribution in [0.5, 0.6) is 0 Å². The molecular formula is C19H24F2N2O2S. The van der Waals surface area contributed by atoms with E-state index in [1.165, 1.54) is 22.7 Å². The van der Waals surface area contributed by atoms with E-state index in [1.807, 2.05) is 0 Å². The number of hydrogen-bond donors (Lipinski definition) is 1. The molecule has 3 rings (SSSR count). The van der Waals surface area contributed by atoms with Gasteiger partial charge in [0.1, 0.15) is 12.0 Å². The van der Waals surface area contributed by atoms with Crippen molar-refractivity contribution in [3.05, 3.63) is 35.6 Å². The van der Waals surface area contributed by atoms with Crippen molar-refractivity contribution in [2.24, 2.45) is 10.9 Å². The number of fused-ring (bicyclic) bond motifs is 1. The number of alkyl halides is 1. The smallest absolute Gasteiger partial charge is 0.413 e. The van der Waals surface area contributed by atoms with Crippen molar-refractivity contribution in [1.82, 2.24) is 4.90 Å². The fraction of sp³-hybridized carbons (Fsp3) is 0.579. The highest BCUT2D eigenvalue weighted by molar-refractivity contribution is 8.13. The molecule has 1 aromatic carbocycles. The van der Waals surface area contributed by atoms with Crippen LogP contribution >= 0.6 is 11.8 Å². The average Bonchev–Trinajstić information content (AvgIpc) is 2.54. The summed E-state index contributed by atoms with van der Waals surface area (Å²) in [7, 11) is 0. The van der Waals surface area contributed by atoms with Gasteiger partial charge in [-0.1, -0.05) is 30.0 Å². The molecule has 1 aliphatic heterocycles. The lowest BCUT2D eigenvalue weighted by molar-refractivity contribution is 0.117. The summed E-state index contributed by atoms with van der Waals surface area (Å²) in [5.41, 5.74) is -1.15. The molecule has 0 aromatic heterocycles. The number of halogens is 2. The molecule has 1 fully saturated rings. The maximum Gasteiger partial charge on any atom is 0.413 e. The number of rotatable bonds is 1. The molecule has 26 heavy (non-hydrogen) atoms. The number of carbonyl (C=O) groups is 1. The molecule has 1 aliphatic carbocycles. The Hall–Kier alpha value is -1.63. The minimum Gasteiger partial charge on any atom is -0.465 e. The fourth-order valence-electron chi connectivity index (χ4n) is 3.93. The zero-order valence-corrected chi connectivity index (χ0v) is 16.0. The number of benzene rings is 1. The molecule has 0 saturated heterocycles. The summed E-state index contributed by atoms with van der Waals surface area (Å²) < 4.78 is 28.7. The van der Waals surface area contributed by atoms with Gasteiger partial charge in [0.25, 0.3) is 0 Å². The predicted molar refractivity (Wildman–Crippen MR) is 99.8 cm³/mol. The number of amides is 1. The van der Waals surface area contributed by atoms with Crippen LogP contribution in [0.25, 0.3) is 0 Å². The molecule has 1 N–H and O–H groups in total. The van der Waals surface area contributed by atoms with Gasteiger partial charge in [0, 0.05) is 22.8 Å². The molecule has 0 spiro atoms. The largest absolute Gasteiger partial charge is 0.465 e. The Balaban J connectivity index is 2.15. The van der Waals surface area contributed by atoms with Gasteiger partial charge in [-0.3, -0.25) is 9.89 Å². The summed E-state index contributed by atoms with van der Waals surface area (Å²) in [6, 6.07) is 6.45. The van der Waals surface area contributed by atoms with Crippen LogP contribution in [0.4, 0.5) is 13.6 Å². The third-order valence-corrected chi connectivity index (χ3v) is 6.26. The quantitative estimate of drug-likeness (QED) is 0.740. The van der Waals surface area contributed by atoms with E-state index in [2.05, 4.69) is 0 Å². The molecule has 7 heteroatoms. The van der Waals surface area contributed by atoms with Crippen molar-refractivity contribution in [3.8, 4) is 0 Å². The van der Waals surface area contributed by atoms with Crippen LogP contribution in [0.15, 0.2) is 29.3 Å². The number of aliphatic imine (C=N–C) groups is 1. The molecule has 3 atom stereocenters. The second-order valence-corrected chi connectivity index (χ2v) is 8.95. The third-order valence-electron chi connectivity index (χ3n) is 5.16. The van der Waals surface area contributed by atoms with Gasteiger partial charge in [0.2, 0.25) is 0 Å². The molecule has 1 aromatic rings. The van der Waals surface area contributed by atoms with Gasteiger partial charge in [-0.2, -0.15) is 0 Å². The highest BCUT2D eigenvalue weighted by Gasteiger charge is 2.50. The van der Waals surface area contributed by atoms with Crippen LogP contribution < -0.4 is 0 Å². The molecule has 2 aliphatic rings. The number of hydrogen-bond acceptors (Lipinski definition) is 3. The lowest BCUT2D eigenvalue weighted by atomic mass is 9.69. The Morgan fingerprint density at radius 2 is 2.08 bits per heavy atom. The van der Waals surface area contributed by atoms with Crippen LogP contribution in [0, 0.1) is 11.7 Å². The van der Waals surface area contributed by atoms with Gasteiger partial charge >= 0.3 is 6.09 Å². The SMILES string of the molecule is CC(C)(C)N(C(=O)O)C1=NC2(c3ccccc3F)CCC(F)CC2CS1. The van der Waals surface area contributed by atoms with E-state index >= 15 is 0 Å². The highest BCUT2D eigenvalue weighted by Crippen LogP contribution is 2.51. The number of carboxylic acid groups (broad SMARTS) is 1. The van der Waals surface area contributed by atoms with E-state index in [9.17, 15) is 18.7 Å². The molecule has 0 radical (unpaired) electrons. The third kappa shape index (κ3) is 3.33. The minimum absolute atomic E-state index is 0.160. The van der Waals surface area contributed by atoms with E-state index in [4.69, 9.17) is 4.99 Å². The summed E-state index contributed by atoms with van der Waals surface area (Å²) in [5.74, 6) is -0.0112. The molecule has 1 saturated carbocycles. The first-order chi connectivity index (χ1) is 12.1. The Morgan fingerprint density at radius 1 is 1.38 bits per heavy atom. The molecule has 3 unspecified atom stereocenters. The Bertz CT molecular complexity index is 734. The Kier molecular flexibility index (Phi) is 5.03. The number of amidine groups is 1. The van der Waals surface area contributed by atoms with Crippen LogP contribution in [0.1, 0.15) is 45.6 Å². The van der Waals surface area contributed by atoms with Gasteiger partial charge in [0.05, 0.1) is 5.54 Å². The van der Waals surface area contributed by atoms with Crippen molar-refractivity contribution >= 4 is 23.0 Å². The molecule has 142 valence electrons. The maximum atomic E-state index is 14.7. The normalized spacial score (nSPS) is 28.9. The van der Waals surface area contributed by atoms with Gasteiger partial charge in [-0.15, -0.1) is 0 Å². The Morgan fingerprint density at radius 3 is 2.69 bits per heavy atom. The first kappa shape index (κ1) is 19.1. The van der Waals surface area contributed by atoms with Crippen molar-refractivity contribution in [1.29, 1.82) is 0 Å². The fourth-order valence-corrected chi connectivity index (χ4v) is 5.40. The van der Waals surface area contributed by atoms with Crippen molar-refractivity contribution in [3.63, 3.8) is 0 Å². The first-order valence-corrected chi connectivity index (χ1v) is 9.78. The topological polar surface area (TPSA) is 52.9 Å². The summed E-state index contributed by atoms with van der Waals surface area (Å²) in [6.07, 6.45) is -1.02. The summed E-state index contributed by atoms with van der Waals surface area (Å²) >= 11 is 1.32. The van der Waals surface area contributed by atoms with E-state index < -0.39 is 23.3 Å². The molecule has 1 heterocycles. The number of nitrogens with zero attached hydrogens (tertiary/aromatic N) is 2. The highest BCUT2D eigenvalue weighted by atomic mass is 32.2. The van der Waals surface area contributed by atoms with Crippen LogP contribution in [-0.2, 0) is 5.54 Å². The lowest BCUT2D eigenvalue weighted by Crippen LogP contribution is -2.52. The van der Waals surface area contributed by atoms with Crippen LogP contribution in [0.2, 0.25) is 0 Å². The predicted octanol–water partition coefficient (Wildman–Crippen LogP) is 5.04. The second kappa shape index (κ2) is 6.83. The van der Waals surface area contributed by atoms with Crippen LogP contribution in [0.3, 0.4) is 0 Å². The second-order valence-electron chi connectivity index (χ2n) is 7.97. The molecule has 1 amide bonds. The summed E-state index contributed by atoms with van der Waals surface area (Å²) in [6.45, 7) is 5.39. The minimum atomic E-state index is -1.09. The van der Waals surface area contributed by atoms with E-state index in [1.54, 1.807) is 39.0 Å². The van der Waals surface area contributed by atoms with Crippen LogP contribution in [-0.4, -0.2) is 38.7 Å². The molecular weight excluding hydrogens is 358 g/mol. The van der Waals surface area contributed by atoms with Gasteiger partial charge in [-0.25, -0.2) is 13.6 Å². The maximum absolute atomic E-state index is 14.7. The van der Waals surface area contributed by atoms with Crippen molar-refractivity contribution in [2.75, 3.05) is 5.75 Å². The van der Waals surface area contributed by atoms with E-state index in [0.717, 1.165) is 0 Å². The molecule has 4 nitrogen and oxygen atoms in total. The van der Waals surface area contributed by atoms with Gasteiger partial charge in [0.15, 0.2) is 5.17 Å². The molecule has 0 bridgehead atoms. The van der Waals surface area contributed by atoms with Crippen molar-refractivity contribution in [2.45, 2.75) is 57.3 Å². The zero-order chi connectivity index (χ0) is 19.1. The lowest BCUT2D eigenvalue weighted by Gasteiger charge is -2.47. The van der Waals surface area contributed by atoms with E-state index in [0.29, 0.717) is 35.7 Å². The summed E-state index contributed by atoms with van der Waals surface area (Å²) in [5, 5.41) is 10.1.